The van der Waals surface area contributed by atoms with Crippen LogP contribution in [-0.2, 0) is 13.6 Å². The molecule has 0 atom stereocenters. The SMILES string of the molecule is Cn1cc(CN2CCN(c3ccccc3)CC2)cc1C(=O)N1CCN(c2ccccc2F)CC1. The van der Waals surface area contributed by atoms with E-state index >= 15 is 0 Å². The monoisotopic (exact) mass is 461 g/mol. The lowest BCUT2D eigenvalue weighted by Gasteiger charge is -2.36. The molecule has 7 heteroatoms. The summed E-state index contributed by atoms with van der Waals surface area (Å²) >= 11 is 0. The summed E-state index contributed by atoms with van der Waals surface area (Å²) in [5, 5.41) is 0. The van der Waals surface area contributed by atoms with Crippen molar-refractivity contribution in [3.05, 3.63) is 83.9 Å². The first kappa shape index (κ1) is 22.5. The predicted molar refractivity (Wildman–Crippen MR) is 134 cm³/mol. The van der Waals surface area contributed by atoms with Crippen molar-refractivity contribution in [1.82, 2.24) is 14.4 Å². The Kier molecular flexibility index (Phi) is 6.54. The summed E-state index contributed by atoms with van der Waals surface area (Å²) in [4.78, 5) is 22.0. The molecule has 2 aliphatic heterocycles. The minimum atomic E-state index is -0.209. The van der Waals surface area contributed by atoms with Crippen LogP contribution in [-0.4, -0.2) is 72.6 Å². The second-order valence-electron chi connectivity index (χ2n) is 9.17. The number of piperazine rings is 2. The molecule has 0 N–H and O–H groups in total. The van der Waals surface area contributed by atoms with Crippen LogP contribution in [0.5, 0.6) is 0 Å². The van der Waals surface area contributed by atoms with Crippen molar-refractivity contribution in [2.24, 2.45) is 7.05 Å². The molecule has 1 aromatic heterocycles. The molecule has 34 heavy (non-hydrogen) atoms. The van der Waals surface area contributed by atoms with E-state index in [1.807, 2.05) is 33.5 Å². The van der Waals surface area contributed by atoms with Gasteiger partial charge in [-0.05, 0) is 35.9 Å². The van der Waals surface area contributed by atoms with Gasteiger partial charge in [0.05, 0.1) is 5.69 Å². The number of nitrogens with zero attached hydrogens (tertiary/aromatic N) is 5. The molecule has 2 fully saturated rings. The molecule has 0 radical (unpaired) electrons. The summed E-state index contributed by atoms with van der Waals surface area (Å²) in [6.07, 6.45) is 2.08. The summed E-state index contributed by atoms with van der Waals surface area (Å²) < 4.78 is 16.1. The molecule has 2 aliphatic rings. The average molecular weight is 462 g/mol. The van der Waals surface area contributed by atoms with E-state index in [2.05, 4.69) is 46.3 Å². The van der Waals surface area contributed by atoms with Crippen LogP contribution < -0.4 is 9.80 Å². The Morgan fingerprint density at radius 3 is 2.18 bits per heavy atom. The summed E-state index contributed by atoms with van der Waals surface area (Å²) in [5.41, 5.74) is 3.79. The van der Waals surface area contributed by atoms with E-state index in [1.165, 1.54) is 17.3 Å². The van der Waals surface area contributed by atoms with E-state index < -0.39 is 0 Å². The minimum Gasteiger partial charge on any atom is -0.369 e. The molecular weight excluding hydrogens is 429 g/mol. The first-order chi connectivity index (χ1) is 16.6. The predicted octanol–water partition coefficient (Wildman–Crippen LogP) is 3.45. The van der Waals surface area contributed by atoms with Crippen molar-refractivity contribution in [3.8, 4) is 0 Å². The van der Waals surface area contributed by atoms with Gasteiger partial charge in [-0.15, -0.1) is 0 Å². The zero-order valence-electron chi connectivity index (χ0n) is 19.7. The lowest BCUT2D eigenvalue weighted by Crippen LogP contribution is -2.49. The van der Waals surface area contributed by atoms with Gasteiger partial charge in [-0.25, -0.2) is 4.39 Å². The smallest absolute Gasteiger partial charge is 0.270 e. The van der Waals surface area contributed by atoms with Gasteiger partial charge in [0.25, 0.3) is 5.91 Å². The number of benzene rings is 2. The highest BCUT2D eigenvalue weighted by atomic mass is 19.1. The Balaban J connectivity index is 1.16. The van der Waals surface area contributed by atoms with Crippen molar-refractivity contribution in [2.45, 2.75) is 6.54 Å². The minimum absolute atomic E-state index is 0.0517. The van der Waals surface area contributed by atoms with Crippen LogP contribution >= 0.6 is 0 Å². The van der Waals surface area contributed by atoms with Crippen LogP contribution in [0.4, 0.5) is 15.8 Å². The highest BCUT2D eigenvalue weighted by molar-refractivity contribution is 5.93. The zero-order valence-corrected chi connectivity index (χ0v) is 19.7. The van der Waals surface area contributed by atoms with Crippen LogP contribution in [0.3, 0.4) is 0 Å². The Bertz CT molecular complexity index is 1120. The first-order valence-electron chi connectivity index (χ1n) is 12.0. The van der Waals surface area contributed by atoms with Gasteiger partial charge < -0.3 is 19.3 Å². The van der Waals surface area contributed by atoms with Gasteiger partial charge in [0, 0.05) is 77.8 Å². The second-order valence-corrected chi connectivity index (χ2v) is 9.17. The Labute approximate surface area is 200 Å². The van der Waals surface area contributed by atoms with Crippen molar-refractivity contribution < 1.29 is 9.18 Å². The van der Waals surface area contributed by atoms with Crippen molar-refractivity contribution in [3.63, 3.8) is 0 Å². The van der Waals surface area contributed by atoms with Crippen molar-refractivity contribution in [2.75, 3.05) is 62.2 Å². The number of rotatable bonds is 5. The van der Waals surface area contributed by atoms with Crippen LogP contribution in [0.15, 0.2) is 66.9 Å². The number of aryl methyl sites for hydroxylation is 1. The number of carbonyl (C=O) groups excluding carboxylic acids is 1. The molecule has 3 aromatic rings. The molecule has 0 bridgehead atoms. The Hall–Kier alpha value is -3.32. The molecular formula is C27H32FN5O. The second kappa shape index (κ2) is 9.89. The number of anilines is 2. The maximum atomic E-state index is 14.1. The third-order valence-electron chi connectivity index (χ3n) is 6.94. The Morgan fingerprint density at radius 2 is 1.47 bits per heavy atom. The number of para-hydroxylation sites is 2. The van der Waals surface area contributed by atoms with E-state index in [4.69, 9.17) is 0 Å². The lowest BCUT2D eigenvalue weighted by molar-refractivity contribution is 0.0737. The zero-order chi connectivity index (χ0) is 23.5. The third kappa shape index (κ3) is 4.80. The normalized spacial score (nSPS) is 17.3. The molecule has 3 heterocycles. The number of amides is 1. The molecule has 6 nitrogen and oxygen atoms in total. The summed E-state index contributed by atoms with van der Waals surface area (Å²) in [6, 6.07) is 19.4. The largest absolute Gasteiger partial charge is 0.369 e. The van der Waals surface area contributed by atoms with Gasteiger partial charge in [0.2, 0.25) is 0 Å². The average Bonchev–Trinajstić information content (AvgIpc) is 3.24. The molecule has 0 spiro atoms. The summed E-state index contributed by atoms with van der Waals surface area (Å²) in [6.45, 7) is 7.33. The van der Waals surface area contributed by atoms with E-state index in [1.54, 1.807) is 12.1 Å². The molecule has 0 unspecified atom stereocenters. The van der Waals surface area contributed by atoms with Gasteiger partial charge >= 0.3 is 0 Å². The number of hydrogen-bond acceptors (Lipinski definition) is 4. The summed E-state index contributed by atoms with van der Waals surface area (Å²) in [7, 11) is 1.94. The number of carbonyl (C=O) groups is 1. The first-order valence-corrected chi connectivity index (χ1v) is 12.0. The lowest BCUT2D eigenvalue weighted by atomic mass is 10.2. The molecule has 178 valence electrons. The van der Waals surface area contributed by atoms with Crippen LogP contribution in [0.1, 0.15) is 16.1 Å². The van der Waals surface area contributed by atoms with Gasteiger partial charge in [0.15, 0.2) is 0 Å². The molecule has 1 amide bonds. The molecule has 5 rings (SSSR count). The highest BCUT2D eigenvalue weighted by Crippen LogP contribution is 2.22. The van der Waals surface area contributed by atoms with Crippen LogP contribution in [0.2, 0.25) is 0 Å². The fourth-order valence-electron chi connectivity index (χ4n) is 5.01. The topological polar surface area (TPSA) is 35.0 Å². The van der Waals surface area contributed by atoms with E-state index in [-0.39, 0.29) is 11.7 Å². The molecule has 0 saturated carbocycles. The fourth-order valence-corrected chi connectivity index (χ4v) is 5.01. The highest BCUT2D eigenvalue weighted by Gasteiger charge is 2.26. The van der Waals surface area contributed by atoms with E-state index in [0.717, 1.165) is 38.4 Å². The molecule has 2 saturated heterocycles. The number of aromatic nitrogens is 1. The van der Waals surface area contributed by atoms with Gasteiger partial charge in [-0.1, -0.05) is 30.3 Å². The molecule has 0 aliphatic carbocycles. The van der Waals surface area contributed by atoms with E-state index in [9.17, 15) is 9.18 Å². The summed E-state index contributed by atoms with van der Waals surface area (Å²) in [5.74, 6) is -0.158. The molecule has 2 aromatic carbocycles. The number of hydrogen-bond donors (Lipinski definition) is 0. The quantitative estimate of drug-likeness (QED) is 0.583. The fraction of sp³-hybridized carbons (Fsp3) is 0.370. The van der Waals surface area contributed by atoms with Crippen molar-refractivity contribution >= 4 is 17.3 Å². The maximum Gasteiger partial charge on any atom is 0.270 e. The van der Waals surface area contributed by atoms with Crippen molar-refractivity contribution in [1.29, 1.82) is 0 Å². The van der Waals surface area contributed by atoms with Crippen LogP contribution in [0, 0.1) is 5.82 Å². The van der Waals surface area contributed by atoms with Crippen LogP contribution in [0.25, 0.3) is 0 Å². The number of halogens is 1. The third-order valence-corrected chi connectivity index (χ3v) is 6.94. The van der Waals surface area contributed by atoms with Gasteiger partial charge in [0.1, 0.15) is 11.5 Å². The van der Waals surface area contributed by atoms with E-state index in [0.29, 0.717) is 31.9 Å². The maximum absolute atomic E-state index is 14.1. The van der Waals surface area contributed by atoms with Gasteiger partial charge in [-0.2, -0.15) is 0 Å². The Morgan fingerprint density at radius 1 is 0.824 bits per heavy atom. The van der Waals surface area contributed by atoms with Gasteiger partial charge in [-0.3, -0.25) is 9.69 Å². The standard InChI is InChI=1S/C27H32FN5O/c1-29-20-22(21-30-11-13-31(14-12-30)23-7-3-2-4-8-23)19-26(29)27(34)33-17-15-32(16-18-33)25-10-6-5-9-24(25)28/h2-10,19-20H,11-18,21H2,1H3.